The van der Waals surface area contributed by atoms with Gasteiger partial charge in [0.2, 0.25) is 10.0 Å². The van der Waals surface area contributed by atoms with Crippen LogP contribution in [0.15, 0.2) is 29.2 Å². The van der Waals surface area contributed by atoms with E-state index in [4.69, 9.17) is 4.74 Å². The normalized spacial score (nSPS) is 16.8. The SMILES string of the molecule is O=[N+]([O-])c1ccccc1S(=O)(=O)NCCN1CCOCC1. The largest absolute Gasteiger partial charge is 0.379 e. The first kappa shape index (κ1) is 15.8. The van der Waals surface area contributed by atoms with Gasteiger partial charge >= 0.3 is 0 Å². The summed E-state index contributed by atoms with van der Waals surface area (Å²) in [7, 11) is -3.89. The Kier molecular flexibility index (Phi) is 5.23. The monoisotopic (exact) mass is 315 g/mol. The van der Waals surface area contributed by atoms with Crippen molar-refractivity contribution < 1.29 is 18.1 Å². The molecule has 0 aromatic heterocycles. The van der Waals surface area contributed by atoms with Crippen molar-refractivity contribution in [3.05, 3.63) is 34.4 Å². The molecule has 0 atom stereocenters. The highest BCUT2D eigenvalue weighted by atomic mass is 32.2. The van der Waals surface area contributed by atoms with E-state index >= 15 is 0 Å². The highest BCUT2D eigenvalue weighted by Gasteiger charge is 2.24. The molecule has 2 rings (SSSR count). The predicted molar refractivity (Wildman–Crippen MR) is 75.5 cm³/mol. The minimum absolute atomic E-state index is 0.203. The van der Waals surface area contributed by atoms with Gasteiger partial charge in [0.1, 0.15) is 0 Å². The van der Waals surface area contributed by atoms with Gasteiger partial charge < -0.3 is 4.74 Å². The summed E-state index contributed by atoms with van der Waals surface area (Å²) in [6, 6.07) is 5.31. The van der Waals surface area contributed by atoms with Crippen LogP contribution in [-0.2, 0) is 14.8 Å². The molecule has 0 aliphatic carbocycles. The number of para-hydroxylation sites is 1. The Labute approximate surface area is 122 Å². The van der Waals surface area contributed by atoms with Crippen LogP contribution in [0.25, 0.3) is 0 Å². The third kappa shape index (κ3) is 4.21. The maximum Gasteiger partial charge on any atom is 0.289 e. The molecule has 0 unspecified atom stereocenters. The van der Waals surface area contributed by atoms with Gasteiger partial charge in [-0.3, -0.25) is 15.0 Å². The summed E-state index contributed by atoms with van der Waals surface area (Å²) < 4.78 is 31.9. The lowest BCUT2D eigenvalue weighted by atomic mass is 10.3. The van der Waals surface area contributed by atoms with Gasteiger partial charge in [0, 0.05) is 32.2 Å². The Bertz CT molecular complexity index is 599. The summed E-state index contributed by atoms with van der Waals surface area (Å²) >= 11 is 0. The number of hydrogen-bond donors (Lipinski definition) is 1. The topological polar surface area (TPSA) is 102 Å². The molecule has 1 aliphatic heterocycles. The molecule has 1 heterocycles. The van der Waals surface area contributed by atoms with Crippen LogP contribution >= 0.6 is 0 Å². The van der Waals surface area contributed by atoms with Crippen molar-refractivity contribution >= 4 is 15.7 Å². The first-order valence-corrected chi connectivity index (χ1v) is 8.02. The highest BCUT2D eigenvalue weighted by Crippen LogP contribution is 2.22. The second kappa shape index (κ2) is 6.94. The Morgan fingerprint density at radius 3 is 2.62 bits per heavy atom. The van der Waals surface area contributed by atoms with E-state index in [1.807, 2.05) is 0 Å². The van der Waals surface area contributed by atoms with E-state index in [2.05, 4.69) is 9.62 Å². The molecule has 1 saturated heterocycles. The zero-order chi connectivity index (χ0) is 15.3. The molecular weight excluding hydrogens is 298 g/mol. The molecule has 0 radical (unpaired) electrons. The average molecular weight is 315 g/mol. The van der Waals surface area contributed by atoms with Crippen LogP contribution in [0.5, 0.6) is 0 Å². The summed E-state index contributed by atoms with van der Waals surface area (Å²) in [5, 5.41) is 10.9. The lowest BCUT2D eigenvalue weighted by molar-refractivity contribution is -0.387. The highest BCUT2D eigenvalue weighted by molar-refractivity contribution is 7.89. The smallest absolute Gasteiger partial charge is 0.289 e. The number of morpholine rings is 1. The van der Waals surface area contributed by atoms with Gasteiger partial charge in [-0.15, -0.1) is 0 Å². The minimum Gasteiger partial charge on any atom is -0.379 e. The molecule has 1 aliphatic rings. The second-order valence-corrected chi connectivity index (χ2v) is 6.31. The Morgan fingerprint density at radius 2 is 1.95 bits per heavy atom. The van der Waals surface area contributed by atoms with Gasteiger partial charge in [0.15, 0.2) is 4.90 Å². The number of nitro benzene ring substituents is 1. The van der Waals surface area contributed by atoms with Crippen molar-refractivity contribution in [2.45, 2.75) is 4.90 Å². The molecule has 9 heteroatoms. The van der Waals surface area contributed by atoms with Crippen LogP contribution in [0.1, 0.15) is 0 Å². The quantitative estimate of drug-likeness (QED) is 0.594. The van der Waals surface area contributed by atoms with Crippen LogP contribution in [0, 0.1) is 10.1 Å². The number of hydrogen-bond acceptors (Lipinski definition) is 6. The molecule has 1 N–H and O–H groups in total. The van der Waals surface area contributed by atoms with E-state index < -0.39 is 20.6 Å². The number of nitrogens with one attached hydrogen (secondary N) is 1. The molecule has 21 heavy (non-hydrogen) atoms. The molecule has 1 aromatic carbocycles. The average Bonchev–Trinajstić information content (AvgIpc) is 2.48. The van der Waals surface area contributed by atoms with Gasteiger partial charge in [0.05, 0.1) is 18.1 Å². The van der Waals surface area contributed by atoms with Crippen LogP contribution < -0.4 is 4.72 Å². The molecule has 0 saturated carbocycles. The van der Waals surface area contributed by atoms with E-state index in [1.165, 1.54) is 24.3 Å². The third-order valence-corrected chi connectivity index (χ3v) is 4.68. The molecular formula is C12H17N3O5S. The van der Waals surface area contributed by atoms with Gasteiger partial charge in [-0.25, -0.2) is 13.1 Å². The van der Waals surface area contributed by atoms with Gasteiger partial charge in [-0.2, -0.15) is 0 Å². The Morgan fingerprint density at radius 1 is 1.29 bits per heavy atom. The van der Waals surface area contributed by atoms with Gasteiger partial charge in [-0.1, -0.05) is 12.1 Å². The van der Waals surface area contributed by atoms with E-state index in [1.54, 1.807) is 0 Å². The molecule has 0 amide bonds. The van der Waals surface area contributed by atoms with E-state index in [0.717, 1.165) is 13.1 Å². The third-order valence-electron chi connectivity index (χ3n) is 3.18. The number of benzene rings is 1. The number of sulfonamides is 1. The molecule has 0 spiro atoms. The Balaban J connectivity index is 2.00. The summed E-state index contributed by atoms with van der Waals surface area (Å²) in [5.74, 6) is 0. The van der Waals surface area contributed by atoms with Gasteiger partial charge in [-0.05, 0) is 6.07 Å². The minimum atomic E-state index is -3.89. The molecule has 1 aromatic rings. The fourth-order valence-corrected chi connectivity index (χ4v) is 3.27. The predicted octanol–water partition coefficient (Wildman–Crippen LogP) is 0.205. The number of nitro groups is 1. The van der Waals surface area contributed by atoms with Crippen molar-refractivity contribution in [1.29, 1.82) is 0 Å². The lowest BCUT2D eigenvalue weighted by Crippen LogP contribution is -2.41. The number of nitrogens with zero attached hydrogens (tertiary/aromatic N) is 2. The fraction of sp³-hybridized carbons (Fsp3) is 0.500. The summed E-state index contributed by atoms with van der Waals surface area (Å²) in [6.45, 7) is 3.53. The van der Waals surface area contributed by atoms with Crippen molar-refractivity contribution in [2.24, 2.45) is 0 Å². The van der Waals surface area contributed by atoms with Crippen LogP contribution in [0.4, 0.5) is 5.69 Å². The summed E-state index contributed by atoms with van der Waals surface area (Å²) in [6.07, 6.45) is 0. The van der Waals surface area contributed by atoms with Crippen LogP contribution in [0.2, 0.25) is 0 Å². The molecule has 116 valence electrons. The lowest BCUT2D eigenvalue weighted by Gasteiger charge is -2.26. The Hall–Kier alpha value is -1.55. The number of ether oxygens (including phenoxy) is 1. The maximum absolute atomic E-state index is 12.1. The fourth-order valence-electron chi connectivity index (χ4n) is 2.08. The van der Waals surface area contributed by atoms with Crippen LogP contribution in [0.3, 0.4) is 0 Å². The zero-order valence-electron chi connectivity index (χ0n) is 11.4. The zero-order valence-corrected chi connectivity index (χ0v) is 12.2. The van der Waals surface area contributed by atoms with Crippen molar-refractivity contribution in [3.8, 4) is 0 Å². The van der Waals surface area contributed by atoms with Gasteiger partial charge in [0.25, 0.3) is 5.69 Å². The first-order valence-electron chi connectivity index (χ1n) is 6.54. The molecule has 8 nitrogen and oxygen atoms in total. The van der Waals surface area contributed by atoms with E-state index in [-0.39, 0.29) is 11.4 Å². The first-order chi connectivity index (χ1) is 10.0. The van der Waals surface area contributed by atoms with Crippen LogP contribution in [-0.4, -0.2) is 57.6 Å². The summed E-state index contributed by atoms with van der Waals surface area (Å²) in [4.78, 5) is 11.9. The van der Waals surface area contributed by atoms with Crippen molar-refractivity contribution in [3.63, 3.8) is 0 Å². The number of rotatable bonds is 6. The molecule has 0 bridgehead atoms. The standard InChI is InChI=1S/C12H17N3O5S/c16-15(17)11-3-1-2-4-12(11)21(18,19)13-5-6-14-7-9-20-10-8-14/h1-4,13H,5-10H2. The second-order valence-electron chi connectivity index (χ2n) is 4.58. The van der Waals surface area contributed by atoms with Crippen molar-refractivity contribution in [2.75, 3.05) is 39.4 Å². The van der Waals surface area contributed by atoms with Crippen molar-refractivity contribution in [1.82, 2.24) is 9.62 Å². The van der Waals surface area contributed by atoms with E-state index in [9.17, 15) is 18.5 Å². The summed E-state index contributed by atoms with van der Waals surface area (Å²) in [5.41, 5.74) is -0.420. The van der Waals surface area contributed by atoms with E-state index in [0.29, 0.717) is 19.8 Å². The molecule has 1 fully saturated rings. The maximum atomic E-state index is 12.1.